The average Bonchev–Trinajstić information content (AvgIpc) is 2.27. The zero-order valence-corrected chi connectivity index (χ0v) is 8.98. The number of para-hydroxylation sites is 1. The van der Waals surface area contributed by atoms with Crippen LogP contribution in [0.2, 0.25) is 0 Å². The van der Waals surface area contributed by atoms with Crippen molar-refractivity contribution in [3.05, 3.63) is 30.3 Å². The average molecular weight is 206 g/mol. The molecule has 0 bridgehead atoms. The van der Waals surface area contributed by atoms with Gasteiger partial charge in [0.1, 0.15) is 6.61 Å². The van der Waals surface area contributed by atoms with Crippen LogP contribution in [0.1, 0.15) is 19.8 Å². The van der Waals surface area contributed by atoms with Gasteiger partial charge in [-0.2, -0.15) is 0 Å². The summed E-state index contributed by atoms with van der Waals surface area (Å²) in [7, 11) is 0. The minimum absolute atomic E-state index is 0.0274. The van der Waals surface area contributed by atoms with Gasteiger partial charge < -0.3 is 4.90 Å². The zero-order valence-electron chi connectivity index (χ0n) is 8.98. The molecular formula is C12H16NO2. The Morgan fingerprint density at radius 2 is 1.93 bits per heavy atom. The van der Waals surface area contributed by atoms with Crippen molar-refractivity contribution in [2.75, 3.05) is 18.1 Å². The Morgan fingerprint density at radius 3 is 2.47 bits per heavy atom. The molecule has 0 aromatic heterocycles. The number of hydrogen-bond donors (Lipinski definition) is 0. The maximum absolute atomic E-state index is 11.7. The Balaban J connectivity index is 2.78. The molecule has 0 aliphatic heterocycles. The van der Waals surface area contributed by atoms with Crippen molar-refractivity contribution in [3.63, 3.8) is 0 Å². The third-order valence-electron chi connectivity index (χ3n) is 2.15. The minimum Gasteiger partial charge on any atom is -0.310 e. The lowest BCUT2D eigenvalue weighted by Crippen LogP contribution is -2.32. The van der Waals surface area contributed by atoms with Crippen molar-refractivity contribution >= 4 is 11.6 Å². The van der Waals surface area contributed by atoms with Gasteiger partial charge in [-0.3, -0.25) is 4.79 Å². The van der Waals surface area contributed by atoms with Gasteiger partial charge in [0.15, 0.2) is 0 Å². The van der Waals surface area contributed by atoms with E-state index in [4.69, 9.17) is 0 Å². The van der Waals surface area contributed by atoms with Crippen LogP contribution in [0, 0.1) is 0 Å². The molecule has 3 heteroatoms. The molecule has 0 saturated heterocycles. The third kappa shape index (κ3) is 3.36. The first-order valence-electron chi connectivity index (χ1n) is 5.23. The second-order valence-electron chi connectivity index (χ2n) is 3.34. The van der Waals surface area contributed by atoms with Crippen molar-refractivity contribution in [2.24, 2.45) is 0 Å². The monoisotopic (exact) mass is 206 g/mol. The summed E-state index contributed by atoms with van der Waals surface area (Å²) in [5, 5.41) is 10.6. The molecule has 81 valence electrons. The van der Waals surface area contributed by atoms with Crippen LogP contribution in [0.15, 0.2) is 30.3 Å². The van der Waals surface area contributed by atoms with Crippen molar-refractivity contribution < 1.29 is 9.90 Å². The first kappa shape index (κ1) is 11.7. The van der Waals surface area contributed by atoms with Gasteiger partial charge in [0, 0.05) is 12.1 Å². The molecular weight excluding hydrogens is 190 g/mol. The summed E-state index contributed by atoms with van der Waals surface area (Å²) in [6.45, 7) is 1.95. The number of rotatable bonds is 5. The highest BCUT2D eigenvalue weighted by Gasteiger charge is 2.13. The van der Waals surface area contributed by atoms with E-state index >= 15 is 0 Å². The number of hydrogen-bond acceptors (Lipinski definition) is 1. The predicted octanol–water partition coefficient (Wildman–Crippen LogP) is 2.25. The van der Waals surface area contributed by atoms with E-state index in [9.17, 15) is 9.90 Å². The largest absolute Gasteiger partial charge is 0.310 e. The first-order chi connectivity index (χ1) is 7.29. The fourth-order valence-electron chi connectivity index (χ4n) is 1.45. The first-order valence-corrected chi connectivity index (χ1v) is 5.23. The summed E-state index contributed by atoms with van der Waals surface area (Å²) in [6, 6.07) is 9.33. The Morgan fingerprint density at radius 1 is 1.27 bits per heavy atom. The van der Waals surface area contributed by atoms with Gasteiger partial charge in [0.25, 0.3) is 0 Å². The summed E-state index contributed by atoms with van der Waals surface area (Å²) in [5.41, 5.74) is 0.812. The lowest BCUT2D eigenvalue weighted by atomic mass is 10.2. The Hall–Kier alpha value is -1.35. The van der Waals surface area contributed by atoms with Crippen molar-refractivity contribution in [1.82, 2.24) is 0 Å². The van der Waals surface area contributed by atoms with E-state index in [1.807, 2.05) is 37.3 Å². The number of anilines is 1. The maximum atomic E-state index is 11.7. The predicted molar refractivity (Wildman–Crippen MR) is 59.3 cm³/mol. The smallest absolute Gasteiger partial charge is 0.227 e. The third-order valence-corrected chi connectivity index (χ3v) is 2.15. The number of benzene rings is 1. The van der Waals surface area contributed by atoms with E-state index in [-0.39, 0.29) is 19.1 Å². The lowest BCUT2D eigenvalue weighted by molar-refractivity contribution is -0.118. The van der Waals surface area contributed by atoms with E-state index in [1.165, 1.54) is 0 Å². The number of nitrogens with zero attached hydrogens (tertiary/aromatic N) is 1. The van der Waals surface area contributed by atoms with Crippen molar-refractivity contribution in [1.29, 1.82) is 0 Å². The van der Waals surface area contributed by atoms with Gasteiger partial charge in [-0.25, -0.2) is 5.11 Å². The normalized spacial score (nSPS) is 10.0. The second kappa shape index (κ2) is 6.19. The molecule has 1 rings (SSSR count). The molecule has 1 amide bonds. The molecule has 1 aromatic carbocycles. The zero-order chi connectivity index (χ0) is 11.1. The number of amides is 1. The summed E-state index contributed by atoms with van der Waals surface area (Å²) in [4.78, 5) is 13.3. The standard InChI is InChI=1S/C12H16NO2/c1-2-6-12(15)13(9-10-14)11-7-4-3-5-8-11/h3-5,7-8H,2,6,9-10H2,1H3. The fourth-order valence-corrected chi connectivity index (χ4v) is 1.45. The van der Waals surface area contributed by atoms with Crippen LogP contribution < -0.4 is 4.90 Å². The summed E-state index contributed by atoms with van der Waals surface area (Å²) in [5.74, 6) is 0.0274. The highest BCUT2D eigenvalue weighted by Crippen LogP contribution is 2.14. The van der Waals surface area contributed by atoms with Crippen LogP contribution in [0.3, 0.4) is 0 Å². The summed E-state index contributed by atoms with van der Waals surface area (Å²) >= 11 is 0. The van der Waals surface area contributed by atoms with E-state index in [0.717, 1.165) is 12.1 Å². The van der Waals surface area contributed by atoms with Crippen molar-refractivity contribution in [2.45, 2.75) is 19.8 Å². The molecule has 0 spiro atoms. The molecule has 1 radical (unpaired) electrons. The van der Waals surface area contributed by atoms with E-state index < -0.39 is 0 Å². The van der Waals surface area contributed by atoms with Crippen LogP contribution in [0.4, 0.5) is 5.69 Å². The number of carbonyl (C=O) groups excluding carboxylic acids is 1. The molecule has 0 unspecified atom stereocenters. The second-order valence-corrected chi connectivity index (χ2v) is 3.34. The highest BCUT2D eigenvalue weighted by molar-refractivity contribution is 5.93. The Labute approximate surface area is 90.3 Å². The molecule has 0 N–H and O–H groups in total. The quantitative estimate of drug-likeness (QED) is 0.728. The molecule has 0 atom stereocenters. The maximum Gasteiger partial charge on any atom is 0.227 e. The van der Waals surface area contributed by atoms with Crippen LogP contribution >= 0.6 is 0 Å². The summed E-state index contributed by atoms with van der Waals surface area (Å²) < 4.78 is 0. The molecule has 0 aliphatic rings. The van der Waals surface area contributed by atoms with Gasteiger partial charge >= 0.3 is 0 Å². The van der Waals surface area contributed by atoms with Gasteiger partial charge in [-0.1, -0.05) is 25.1 Å². The van der Waals surface area contributed by atoms with E-state index in [1.54, 1.807) is 4.90 Å². The van der Waals surface area contributed by atoms with Gasteiger partial charge in [-0.05, 0) is 18.6 Å². The summed E-state index contributed by atoms with van der Waals surface area (Å²) in [6.07, 6.45) is 1.30. The topological polar surface area (TPSA) is 40.2 Å². The van der Waals surface area contributed by atoms with Crippen molar-refractivity contribution in [3.8, 4) is 0 Å². The van der Waals surface area contributed by atoms with Gasteiger partial charge in [-0.15, -0.1) is 0 Å². The van der Waals surface area contributed by atoms with Gasteiger partial charge in [0.2, 0.25) is 5.91 Å². The Kier molecular flexibility index (Phi) is 4.84. The lowest BCUT2D eigenvalue weighted by Gasteiger charge is -2.21. The fraction of sp³-hybridized carbons (Fsp3) is 0.417. The SMILES string of the molecule is CCCC(=O)N(CC[O])c1ccccc1. The number of carbonyl (C=O) groups is 1. The highest BCUT2D eigenvalue weighted by atomic mass is 16.3. The molecule has 0 saturated carbocycles. The molecule has 15 heavy (non-hydrogen) atoms. The Bertz CT molecular complexity index is 298. The van der Waals surface area contributed by atoms with Gasteiger partial charge in [0.05, 0.1) is 6.54 Å². The van der Waals surface area contributed by atoms with E-state index in [0.29, 0.717) is 6.42 Å². The van der Waals surface area contributed by atoms with Crippen LogP contribution in [-0.2, 0) is 9.90 Å². The minimum atomic E-state index is -0.260. The van der Waals surface area contributed by atoms with Crippen LogP contribution in [-0.4, -0.2) is 19.1 Å². The van der Waals surface area contributed by atoms with E-state index in [2.05, 4.69) is 0 Å². The molecule has 0 aliphatic carbocycles. The molecule has 0 fully saturated rings. The van der Waals surface area contributed by atoms with Crippen LogP contribution in [0.5, 0.6) is 0 Å². The van der Waals surface area contributed by atoms with Crippen LogP contribution in [0.25, 0.3) is 0 Å². The molecule has 3 nitrogen and oxygen atoms in total. The molecule has 0 heterocycles. The molecule has 1 aromatic rings.